The van der Waals surface area contributed by atoms with Gasteiger partial charge in [0, 0.05) is 13.2 Å². The van der Waals surface area contributed by atoms with E-state index in [4.69, 9.17) is 4.74 Å². The third-order valence-corrected chi connectivity index (χ3v) is 2.13. The van der Waals surface area contributed by atoms with Crippen molar-refractivity contribution in [3.8, 4) is 0 Å². The quantitative estimate of drug-likeness (QED) is 0.605. The molecule has 1 heterocycles. The lowest BCUT2D eigenvalue weighted by Gasteiger charge is -2.33. The molecule has 0 aromatic heterocycles. The van der Waals surface area contributed by atoms with Crippen molar-refractivity contribution < 1.29 is 4.74 Å². The second-order valence-corrected chi connectivity index (χ2v) is 3.79. The lowest BCUT2D eigenvalue weighted by atomic mass is 10.1. The molecule has 1 aliphatic rings. The Hall–Kier alpha value is -0.0800. The molecule has 66 valence electrons. The van der Waals surface area contributed by atoms with Crippen LogP contribution in [0.4, 0.5) is 0 Å². The van der Waals surface area contributed by atoms with Gasteiger partial charge in [0.05, 0.1) is 0 Å². The van der Waals surface area contributed by atoms with Gasteiger partial charge in [-0.05, 0) is 25.8 Å². The van der Waals surface area contributed by atoms with E-state index in [0.717, 1.165) is 18.9 Å². The van der Waals surface area contributed by atoms with Crippen LogP contribution in [0.15, 0.2) is 0 Å². The first-order valence-corrected chi connectivity index (χ1v) is 4.52. The second-order valence-electron chi connectivity index (χ2n) is 3.79. The zero-order chi connectivity index (χ0) is 8.27. The van der Waals surface area contributed by atoms with Crippen LogP contribution in [-0.2, 0) is 4.74 Å². The van der Waals surface area contributed by atoms with Crippen LogP contribution in [0, 0.1) is 5.92 Å². The van der Waals surface area contributed by atoms with Crippen LogP contribution < -0.4 is 0 Å². The maximum absolute atomic E-state index is 5.63. The molecule has 0 spiro atoms. The zero-order valence-electron chi connectivity index (χ0n) is 7.84. The van der Waals surface area contributed by atoms with Gasteiger partial charge < -0.3 is 4.74 Å². The van der Waals surface area contributed by atoms with Crippen molar-refractivity contribution >= 4 is 0 Å². The number of hydrogen-bond acceptors (Lipinski definition) is 2. The van der Waals surface area contributed by atoms with Gasteiger partial charge in [-0.2, -0.15) is 0 Å². The summed E-state index contributed by atoms with van der Waals surface area (Å²) in [5, 5.41) is 0. The normalized spacial score (nSPS) is 27.8. The van der Waals surface area contributed by atoms with Crippen molar-refractivity contribution in [2.75, 3.05) is 20.2 Å². The average molecular weight is 157 g/mol. The molecule has 0 aliphatic carbocycles. The minimum Gasteiger partial charge on any atom is -0.363 e. The Morgan fingerprint density at radius 2 is 2.27 bits per heavy atom. The molecule has 1 aliphatic heterocycles. The standard InChI is InChI=1S/C9H19NO/c1-8(2)7-9-10(3)5-4-6-11-9/h8-9H,4-7H2,1-3H3. The van der Waals surface area contributed by atoms with E-state index in [-0.39, 0.29) is 0 Å². The Bertz CT molecular complexity index is 114. The molecule has 11 heavy (non-hydrogen) atoms. The van der Waals surface area contributed by atoms with Gasteiger partial charge in [0.15, 0.2) is 0 Å². The van der Waals surface area contributed by atoms with Crippen LogP contribution in [0.2, 0.25) is 0 Å². The van der Waals surface area contributed by atoms with Crippen LogP contribution in [0.25, 0.3) is 0 Å². The van der Waals surface area contributed by atoms with E-state index in [1.54, 1.807) is 0 Å². The molecular weight excluding hydrogens is 138 g/mol. The highest BCUT2D eigenvalue weighted by Gasteiger charge is 2.19. The molecular formula is C9H19NO. The lowest BCUT2D eigenvalue weighted by molar-refractivity contribution is -0.0919. The molecule has 1 saturated heterocycles. The van der Waals surface area contributed by atoms with E-state index in [1.165, 1.54) is 13.0 Å². The fourth-order valence-corrected chi connectivity index (χ4v) is 1.46. The van der Waals surface area contributed by atoms with Crippen molar-refractivity contribution in [2.45, 2.75) is 32.9 Å². The number of hydrogen-bond donors (Lipinski definition) is 0. The van der Waals surface area contributed by atoms with Crippen molar-refractivity contribution in [1.29, 1.82) is 0 Å². The number of nitrogens with zero attached hydrogens (tertiary/aromatic N) is 1. The van der Waals surface area contributed by atoms with Gasteiger partial charge in [0.25, 0.3) is 0 Å². The van der Waals surface area contributed by atoms with Crippen LogP contribution in [-0.4, -0.2) is 31.3 Å². The highest BCUT2D eigenvalue weighted by Crippen LogP contribution is 2.15. The Morgan fingerprint density at radius 3 is 2.82 bits per heavy atom. The van der Waals surface area contributed by atoms with E-state index in [2.05, 4.69) is 25.8 Å². The van der Waals surface area contributed by atoms with Crippen molar-refractivity contribution in [3.05, 3.63) is 0 Å². The van der Waals surface area contributed by atoms with E-state index < -0.39 is 0 Å². The Kier molecular flexibility index (Phi) is 3.34. The van der Waals surface area contributed by atoms with E-state index in [1.807, 2.05) is 0 Å². The molecule has 1 fully saturated rings. The molecule has 1 unspecified atom stereocenters. The molecule has 0 aromatic rings. The van der Waals surface area contributed by atoms with Gasteiger partial charge in [-0.25, -0.2) is 0 Å². The molecule has 0 bridgehead atoms. The monoisotopic (exact) mass is 157 g/mol. The average Bonchev–Trinajstić information content (AvgIpc) is 1.93. The van der Waals surface area contributed by atoms with E-state index in [0.29, 0.717) is 6.23 Å². The van der Waals surface area contributed by atoms with Crippen molar-refractivity contribution in [3.63, 3.8) is 0 Å². The lowest BCUT2D eigenvalue weighted by Crippen LogP contribution is -2.40. The fourth-order valence-electron chi connectivity index (χ4n) is 1.46. The van der Waals surface area contributed by atoms with Crippen LogP contribution in [0.5, 0.6) is 0 Å². The first-order chi connectivity index (χ1) is 5.20. The van der Waals surface area contributed by atoms with Crippen molar-refractivity contribution in [2.24, 2.45) is 5.92 Å². The summed E-state index contributed by atoms with van der Waals surface area (Å²) in [4.78, 5) is 2.31. The van der Waals surface area contributed by atoms with Crippen LogP contribution in [0.3, 0.4) is 0 Å². The topological polar surface area (TPSA) is 12.5 Å². The summed E-state index contributed by atoms with van der Waals surface area (Å²) < 4.78 is 5.63. The van der Waals surface area contributed by atoms with Crippen molar-refractivity contribution in [1.82, 2.24) is 4.90 Å². The molecule has 2 nitrogen and oxygen atoms in total. The molecule has 1 atom stereocenters. The summed E-state index contributed by atoms with van der Waals surface area (Å²) in [7, 11) is 2.15. The summed E-state index contributed by atoms with van der Waals surface area (Å²) >= 11 is 0. The highest BCUT2D eigenvalue weighted by atomic mass is 16.5. The summed E-state index contributed by atoms with van der Waals surface area (Å²) in [5.41, 5.74) is 0. The molecule has 0 saturated carbocycles. The number of ether oxygens (including phenoxy) is 1. The van der Waals surface area contributed by atoms with Crippen LogP contribution >= 0.6 is 0 Å². The summed E-state index contributed by atoms with van der Waals surface area (Å²) in [6, 6.07) is 0. The Balaban J connectivity index is 2.29. The van der Waals surface area contributed by atoms with Gasteiger partial charge in [-0.1, -0.05) is 13.8 Å². The minimum atomic E-state index is 0.378. The summed E-state index contributed by atoms with van der Waals surface area (Å²) in [6.07, 6.45) is 2.73. The number of rotatable bonds is 2. The first-order valence-electron chi connectivity index (χ1n) is 4.52. The van der Waals surface area contributed by atoms with Gasteiger partial charge in [-0.15, -0.1) is 0 Å². The largest absolute Gasteiger partial charge is 0.363 e. The molecule has 0 N–H and O–H groups in total. The van der Waals surface area contributed by atoms with Crippen LogP contribution in [0.1, 0.15) is 26.7 Å². The molecule has 1 rings (SSSR count). The maximum atomic E-state index is 5.63. The minimum absolute atomic E-state index is 0.378. The third-order valence-electron chi connectivity index (χ3n) is 2.13. The van der Waals surface area contributed by atoms with Gasteiger partial charge in [-0.3, -0.25) is 4.90 Å². The van der Waals surface area contributed by atoms with E-state index in [9.17, 15) is 0 Å². The Morgan fingerprint density at radius 1 is 1.55 bits per heavy atom. The summed E-state index contributed by atoms with van der Waals surface area (Å²) in [6.45, 7) is 6.62. The molecule has 0 amide bonds. The predicted octanol–water partition coefficient (Wildman–Crippen LogP) is 1.71. The highest BCUT2D eigenvalue weighted by molar-refractivity contribution is 4.65. The smallest absolute Gasteiger partial charge is 0.110 e. The second kappa shape index (κ2) is 4.07. The van der Waals surface area contributed by atoms with Gasteiger partial charge >= 0.3 is 0 Å². The first kappa shape index (κ1) is 9.01. The fraction of sp³-hybridized carbons (Fsp3) is 1.00. The SMILES string of the molecule is CC(C)CC1OCCCN1C. The van der Waals surface area contributed by atoms with E-state index >= 15 is 0 Å². The summed E-state index contributed by atoms with van der Waals surface area (Å²) in [5.74, 6) is 0.737. The molecule has 2 heteroatoms. The van der Waals surface area contributed by atoms with Gasteiger partial charge in [0.2, 0.25) is 0 Å². The van der Waals surface area contributed by atoms with Gasteiger partial charge in [0.1, 0.15) is 6.23 Å². The Labute approximate surface area is 69.5 Å². The molecule has 0 aromatic carbocycles. The maximum Gasteiger partial charge on any atom is 0.110 e. The zero-order valence-corrected chi connectivity index (χ0v) is 7.84. The third kappa shape index (κ3) is 2.80. The molecule has 0 radical (unpaired) electrons. The predicted molar refractivity (Wildman–Crippen MR) is 46.4 cm³/mol.